The van der Waals surface area contributed by atoms with Gasteiger partial charge in [0, 0.05) is 52.1 Å². The van der Waals surface area contributed by atoms with Gasteiger partial charge in [0.05, 0.1) is 28.3 Å². The van der Waals surface area contributed by atoms with E-state index in [0.29, 0.717) is 0 Å². The third-order valence-corrected chi connectivity index (χ3v) is 16.7. The Morgan fingerprint density at radius 3 is 2.13 bits per heavy atom. The third-order valence-electron chi connectivity index (χ3n) is 13.8. The highest BCUT2D eigenvalue weighted by molar-refractivity contribution is 8.14. The van der Waals surface area contributed by atoms with Crippen LogP contribution in [-0.4, -0.2) is 10.4 Å². The minimum atomic E-state index is -0.186. The molecule has 0 fully saturated rings. The molecule has 0 radical (unpaired) electrons. The molecule has 61 heavy (non-hydrogen) atoms. The van der Waals surface area contributed by atoms with E-state index in [2.05, 4.69) is 197 Å². The minimum Gasteiger partial charge on any atom is -0.309 e. The molecule has 1 aliphatic carbocycles. The highest BCUT2D eigenvalue weighted by Gasteiger charge is 2.37. The maximum absolute atomic E-state index is 4.61. The fourth-order valence-electron chi connectivity index (χ4n) is 11.4. The highest BCUT2D eigenvalue weighted by atomic mass is 32.2. The van der Waals surface area contributed by atoms with Crippen LogP contribution in [0.3, 0.4) is 0 Å². The van der Waals surface area contributed by atoms with Crippen LogP contribution in [0, 0.1) is 0 Å². The summed E-state index contributed by atoms with van der Waals surface area (Å²) < 4.78 is 5.15. The zero-order valence-corrected chi connectivity index (χ0v) is 34.4. The van der Waals surface area contributed by atoms with Gasteiger partial charge in [-0.1, -0.05) is 115 Å². The van der Waals surface area contributed by atoms with E-state index in [1.165, 1.54) is 134 Å². The quantitative estimate of drug-likeness (QED) is 0.0731. The fraction of sp³-hybridized carbons (Fsp3) is 0.0175. The number of fused-ring (bicyclic) bond motifs is 16. The second-order valence-corrected chi connectivity index (χ2v) is 19.5. The van der Waals surface area contributed by atoms with Crippen LogP contribution in [0.15, 0.2) is 197 Å². The van der Waals surface area contributed by atoms with Crippen molar-refractivity contribution < 1.29 is 0 Å². The van der Waals surface area contributed by atoms with E-state index in [-0.39, 0.29) is 16.4 Å². The van der Waals surface area contributed by atoms with Gasteiger partial charge in [0.15, 0.2) is 0 Å². The molecule has 10 aromatic carbocycles. The van der Waals surface area contributed by atoms with Crippen molar-refractivity contribution in [1.29, 1.82) is 0 Å². The average molecular weight is 809 g/mol. The van der Waals surface area contributed by atoms with Gasteiger partial charge in [0.25, 0.3) is 0 Å². The van der Waals surface area contributed by atoms with E-state index in [1.807, 2.05) is 11.3 Å². The standard InChI is InChI=1S/C57H32N2S2/c1-61-52-23-9-5-13-35(52)43-29-33(25-27-53(43)61)59-47-21-7-3-15-39(47)57-41-19-11-16-36-44-30-48-56(40-18-10-17-37(54(40)44)45(55(36)41)31-49(57)59)38-14-2-6-20-46(38)58(48)32-24-26-51-42(28-32)34-12-4-8-22-50(34)60-51/h2-19,21-31,38H,1H2. The molecule has 0 amide bonds. The molecule has 0 N–H and O–H groups in total. The number of rotatable bonds is 2. The lowest BCUT2D eigenvalue weighted by molar-refractivity contribution is 1.02. The second-order valence-electron chi connectivity index (χ2n) is 16.7. The van der Waals surface area contributed by atoms with Crippen LogP contribution < -0.4 is 4.90 Å². The molecular weight excluding hydrogens is 777 g/mol. The normalized spacial score (nSPS) is 16.6. The lowest BCUT2D eigenvalue weighted by Gasteiger charge is -2.23. The number of anilines is 2. The Hall–Kier alpha value is -7.20. The lowest BCUT2D eigenvalue weighted by Crippen LogP contribution is -2.13. The predicted molar refractivity (Wildman–Crippen MR) is 264 cm³/mol. The monoisotopic (exact) mass is 808 g/mol. The number of aromatic nitrogens is 1. The third kappa shape index (κ3) is 4.08. The van der Waals surface area contributed by atoms with Crippen LogP contribution in [0.4, 0.5) is 11.4 Å². The highest BCUT2D eigenvalue weighted by Crippen LogP contribution is 2.57. The van der Waals surface area contributed by atoms with Crippen molar-refractivity contribution in [2.24, 2.45) is 0 Å². The smallest absolute Gasteiger partial charge is 0.0770 e. The zero-order valence-electron chi connectivity index (χ0n) is 32.7. The summed E-state index contributed by atoms with van der Waals surface area (Å²) in [6, 6.07) is 59.6. The van der Waals surface area contributed by atoms with Crippen molar-refractivity contribution in [3.63, 3.8) is 0 Å². The molecule has 0 spiro atoms. The van der Waals surface area contributed by atoms with Crippen molar-refractivity contribution in [2.75, 3.05) is 4.90 Å². The lowest BCUT2D eigenvalue weighted by atomic mass is 9.84. The Labute approximate surface area is 357 Å². The molecule has 0 saturated heterocycles. The Balaban J connectivity index is 1.04. The maximum Gasteiger partial charge on any atom is 0.0770 e. The van der Waals surface area contributed by atoms with Gasteiger partial charge in [-0.2, -0.15) is 0 Å². The first-order chi connectivity index (χ1) is 30.2. The number of para-hydroxylation sites is 1. The minimum absolute atomic E-state index is 0.102. The van der Waals surface area contributed by atoms with E-state index in [9.17, 15) is 0 Å². The van der Waals surface area contributed by atoms with E-state index < -0.39 is 0 Å². The Bertz CT molecular complexity index is 4130. The molecule has 2 aromatic heterocycles. The van der Waals surface area contributed by atoms with E-state index >= 15 is 0 Å². The van der Waals surface area contributed by atoms with Crippen molar-refractivity contribution in [1.82, 2.24) is 4.57 Å². The van der Waals surface area contributed by atoms with Crippen molar-refractivity contribution >= 4 is 124 Å². The van der Waals surface area contributed by atoms with Crippen molar-refractivity contribution in [3.8, 4) is 16.8 Å². The molecular formula is C57H32N2S2. The number of hydrogen-bond donors (Lipinski definition) is 0. The molecule has 2 atom stereocenters. The topological polar surface area (TPSA) is 8.17 Å². The van der Waals surface area contributed by atoms with Crippen LogP contribution in [-0.2, 0) is 0 Å². The van der Waals surface area contributed by atoms with E-state index in [4.69, 9.17) is 0 Å². The molecule has 0 bridgehead atoms. The van der Waals surface area contributed by atoms with Gasteiger partial charge in [0.2, 0.25) is 0 Å². The van der Waals surface area contributed by atoms with Crippen molar-refractivity contribution in [2.45, 2.75) is 15.7 Å². The number of allylic oxidation sites excluding steroid dienone is 2. The first kappa shape index (κ1) is 32.6. The van der Waals surface area contributed by atoms with Crippen LogP contribution in [0.2, 0.25) is 0 Å². The molecule has 0 saturated carbocycles. The van der Waals surface area contributed by atoms with Gasteiger partial charge in [0.1, 0.15) is 0 Å². The zero-order chi connectivity index (χ0) is 39.7. The summed E-state index contributed by atoms with van der Waals surface area (Å²) in [7, 11) is -0.186. The molecule has 15 rings (SSSR count). The molecule has 3 aliphatic rings. The maximum atomic E-state index is 4.61. The molecule has 2 nitrogen and oxygen atoms in total. The Kier molecular flexibility index (Phi) is 6.17. The number of benzene rings is 10. The van der Waals surface area contributed by atoms with Gasteiger partial charge < -0.3 is 9.47 Å². The number of thiophene rings is 1. The number of hydrogen-bond acceptors (Lipinski definition) is 2. The SMILES string of the molecule is C=S1c2ccccc2-c2cc(-n3c4ccccc4c4c5cccc6c7cc8c(c9cccc(c(cc43)c65)c97)C3C=CC=C=C3N8c3ccc4sc5ccccc5c4c3)ccc21. The summed E-state index contributed by atoms with van der Waals surface area (Å²) >= 11 is 1.87. The molecule has 282 valence electrons. The number of nitrogens with zero attached hydrogens (tertiary/aromatic N) is 2. The summed E-state index contributed by atoms with van der Waals surface area (Å²) in [5, 5.41) is 15.7. The van der Waals surface area contributed by atoms with Gasteiger partial charge in [-0.05, 0) is 133 Å². The molecule has 4 heterocycles. The van der Waals surface area contributed by atoms with Gasteiger partial charge in [-0.3, -0.25) is 0 Å². The largest absolute Gasteiger partial charge is 0.309 e. The first-order valence-corrected chi connectivity index (χ1v) is 23.1. The summed E-state index contributed by atoms with van der Waals surface area (Å²) in [6.07, 6.45) is 6.62. The Morgan fingerprint density at radius 2 is 1.21 bits per heavy atom. The van der Waals surface area contributed by atoms with E-state index in [0.717, 1.165) is 0 Å². The molecule has 4 heteroatoms. The second kappa shape index (κ2) is 11.5. The summed E-state index contributed by atoms with van der Waals surface area (Å²) in [5.41, 5.74) is 14.9. The van der Waals surface area contributed by atoms with Crippen LogP contribution in [0.1, 0.15) is 11.5 Å². The van der Waals surface area contributed by atoms with Gasteiger partial charge >= 0.3 is 0 Å². The van der Waals surface area contributed by atoms with Crippen LogP contribution >= 0.6 is 21.8 Å². The summed E-state index contributed by atoms with van der Waals surface area (Å²) in [4.78, 5) is 5.15. The fourth-order valence-corrected chi connectivity index (χ4v) is 14.1. The van der Waals surface area contributed by atoms with Gasteiger partial charge in [-0.25, -0.2) is 0 Å². The van der Waals surface area contributed by atoms with Crippen LogP contribution in [0.25, 0.3) is 102 Å². The van der Waals surface area contributed by atoms with Crippen LogP contribution in [0.5, 0.6) is 0 Å². The van der Waals surface area contributed by atoms with Gasteiger partial charge in [-0.15, -0.1) is 21.8 Å². The molecule has 2 aliphatic heterocycles. The van der Waals surface area contributed by atoms with Crippen molar-refractivity contribution in [3.05, 3.63) is 193 Å². The average Bonchev–Trinajstić information content (AvgIpc) is 4.04. The molecule has 12 aromatic rings. The predicted octanol–water partition coefficient (Wildman–Crippen LogP) is 16.1. The first-order valence-electron chi connectivity index (χ1n) is 20.9. The van der Waals surface area contributed by atoms with E-state index in [1.54, 1.807) is 0 Å². The molecule has 2 unspecified atom stereocenters. The summed E-state index contributed by atoms with van der Waals surface area (Å²) in [6.45, 7) is 0. The summed E-state index contributed by atoms with van der Waals surface area (Å²) in [5.74, 6) is 4.71. The Morgan fingerprint density at radius 1 is 0.508 bits per heavy atom.